The van der Waals surface area contributed by atoms with Crippen molar-refractivity contribution in [3.05, 3.63) is 65.6 Å². The number of amides is 1. The van der Waals surface area contributed by atoms with Crippen LogP contribution in [-0.4, -0.2) is 32.9 Å². The highest BCUT2D eigenvalue weighted by molar-refractivity contribution is 6.15. The van der Waals surface area contributed by atoms with E-state index in [1.807, 2.05) is 50.5 Å². The number of hydrogen-bond acceptors (Lipinski definition) is 7. The fourth-order valence-corrected chi connectivity index (χ4v) is 4.47. The van der Waals surface area contributed by atoms with E-state index in [1.165, 1.54) is 0 Å². The highest BCUT2D eigenvalue weighted by Gasteiger charge is 2.22. The average molecular weight is 467 g/mol. The lowest BCUT2D eigenvalue weighted by Gasteiger charge is -2.11. The number of carbonyl (C=O) groups excluding carboxylic acids is 1. The molecule has 0 unspecified atom stereocenters. The largest absolute Gasteiger partial charge is 0.495 e. The van der Waals surface area contributed by atoms with Gasteiger partial charge in [0, 0.05) is 35.6 Å². The molecular weight excluding hydrogens is 446 g/mol. The number of hydrogen-bond donors (Lipinski definition) is 1. The molecule has 0 aliphatic rings. The maximum absolute atomic E-state index is 13.6. The van der Waals surface area contributed by atoms with Gasteiger partial charge in [0.1, 0.15) is 16.9 Å². The number of nitrogens with zero attached hydrogens (tertiary/aromatic N) is 4. The number of methoxy groups -OCH3 is 1. The number of carbonyl (C=O) groups is 1. The molecule has 0 aliphatic carbocycles. The molecule has 6 aromatic rings. The van der Waals surface area contributed by atoms with Gasteiger partial charge in [0.05, 0.1) is 40.8 Å². The van der Waals surface area contributed by atoms with Gasteiger partial charge in [0.2, 0.25) is 0 Å². The molecule has 35 heavy (non-hydrogen) atoms. The molecule has 0 fully saturated rings. The second kappa shape index (κ2) is 7.69. The first-order valence-electron chi connectivity index (χ1n) is 11.0. The summed E-state index contributed by atoms with van der Waals surface area (Å²) in [6, 6.07) is 13.1. The van der Waals surface area contributed by atoms with Gasteiger partial charge in [-0.3, -0.25) is 9.48 Å². The molecular formula is C26H21N5O4. The number of para-hydroxylation sites is 1. The molecule has 0 saturated carbocycles. The summed E-state index contributed by atoms with van der Waals surface area (Å²) < 4.78 is 18.7. The second-order valence-electron chi connectivity index (χ2n) is 8.41. The number of nitrogens with one attached hydrogen (secondary N) is 1. The maximum atomic E-state index is 13.6. The lowest BCUT2D eigenvalue weighted by molar-refractivity contribution is 0.102. The van der Waals surface area contributed by atoms with Crippen molar-refractivity contribution in [2.45, 2.75) is 13.8 Å². The lowest BCUT2D eigenvalue weighted by Crippen LogP contribution is -2.14. The highest BCUT2D eigenvalue weighted by atomic mass is 16.5. The van der Waals surface area contributed by atoms with E-state index in [0.29, 0.717) is 39.4 Å². The van der Waals surface area contributed by atoms with Crippen LogP contribution in [0.3, 0.4) is 0 Å². The summed E-state index contributed by atoms with van der Waals surface area (Å²) in [6.07, 6.45) is 1.85. The van der Waals surface area contributed by atoms with Crippen LogP contribution in [0.1, 0.15) is 21.7 Å². The van der Waals surface area contributed by atoms with Crippen LogP contribution in [0.15, 0.2) is 57.6 Å². The predicted octanol–water partition coefficient (Wildman–Crippen LogP) is 5.40. The lowest BCUT2D eigenvalue weighted by atomic mass is 10.1. The standard InChI is InChI=1S/C26H21N5O4/c1-13-18(12-31(3)29-13)19-9-17(24-14(2)30-35-26(24)28-19)25(32)27-20-11-22-16(10-23(20)33-4)15-7-5-6-8-21(15)34-22/h5-12H,1-4H3,(H,27,32). The van der Waals surface area contributed by atoms with Crippen molar-refractivity contribution >= 4 is 44.6 Å². The molecule has 4 aromatic heterocycles. The van der Waals surface area contributed by atoms with E-state index in [0.717, 1.165) is 27.6 Å². The highest BCUT2D eigenvalue weighted by Crippen LogP contribution is 2.37. The number of benzene rings is 2. The van der Waals surface area contributed by atoms with E-state index < -0.39 is 0 Å². The number of aromatic nitrogens is 4. The Balaban J connectivity index is 1.47. The average Bonchev–Trinajstić information content (AvgIpc) is 3.51. The number of pyridine rings is 1. The normalized spacial score (nSPS) is 11.5. The van der Waals surface area contributed by atoms with E-state index in [1.54, 1.807) is 30.8 Å². The first kappa shape index (κ1) is 20.9. The molecule has 1 amide bonds. The van der Waals surface area contributed by atoms with Crippen LogP contribution in [0.2, 0.25) is 0 Å². The van der Waals surface area contributed by atoms with Gasteiger partial charge in [0.15, 0.2) is 0 Å². The van der Waals surface area contributed by atoms with E-state index in [4.69, 9.17) is 13.7 Å². The Bertz CT molecular complexity index is 1780. The van der Waals surface area contributed by atoms with E-state index in [9.17, 15) is 4.79 Å². The molecule has 4 heterocycles. The number of rotatable bonds is 4. The van der Waals surface area contributed by atoms with Gasteiger partial charge in [0.25, 0.3) is 11.6 Å². The van der Waals surface area contributed by atoms with Gasteiger partial charge < -0.3 is 19.0 Å². The summed E-state index contributed by atoms with van der Waals surface area (Å²) >= 11 is 0. The topological polar surface area (TPSA) is 108 Å². The fraction of sp³-hybridized carbons (Fsp3) is 0.154. The molecule has 174 valence electrons. The van der Waals surface area contributed by atoms with Gasteiger partial charge in [-0.25, -0.2) is 4.98 Å². The summed E-state index contributed by atoms with van der Waals surface area (Å²) in [7, 11) is 3.40. The van der Waals surface area contributed by atoms with Crippen molar-refractivity contribution in [1.29, 1.82) is 0 Å². The van der Waals surface area contributed by atoms with Crippen molar-refractivity contribution in [1.82, 2.24) is 19.9 Å². The molecule has 2 aromatic carbocycles. The minimum absolute atomic E-state index is 0.285. The molecule has 0 spiro atoms. The van der Waals surface area contributed by atoms with Gasteiger partial charge >= 0.3 is 0 Å². The van der Waals surface area contributed by atoms with Gasteiger partial charge in [-0.15, -0.1) is 0 Å². The van der Waals surface area contributed by atoms with Crippen molar-refractivity contribution < 1.29 is 18.5 Å². The number of aryl methyl sites for hydroxylation is 3. The molecule has 0 atom stereocenters. The minimum Gasteiger partial charge on any atom is -0.495 e. The summed E-state index contributed by atoms with van der Waals surface area (Å²) in [5, 5.41) is 13.8. The van der Waals surface area contributed by atoms with Crippen LogP contribution in [0.4, 0.5) is 5.69 Å². The monoisotopic (exact) mass is 467 g/mol. The number of anilines is 1. The summed E-state index contributed by atoms with van der Waals surface area (Å²) in [4.78, 5) is 18.2. The molecule has 9 heteroatoms. The number of furan rings is 1. The molecule has 0 aliphatic heterocycles. The third-order valence-corrected chi connectivity index (χ3v) is 6.10. The zero-order chi connectivity index (χ0) is 24.3. The van der Waals surface area contributed by atoms with E-state index >= 15 is 0 Å². The summed E-state index contributed by atoms with van der Waals surface area (Å²) in [6.45, 7) is 3.67. The summed E-state index contributed by atoms with van der Waals surface area (Å²) in [5.41, 5.74) is 5.32. The molecule has 6 rings (SSSR count). The maximum Gasteiger partial charge on any atom is 0.259 e. The minimum atomic E-state index is -0.347. The number of ether oxygens (including phenoxy) is 1. The first-order chi connectivity index (χ1) is 16.9. The zero-order valence-corrected chi connectivity index (χ0v) is 19.5. The van der Waals surface area contributed by atoms with Crippen LogP contribution < -0.4 is 10.1 Å². The molecule has 0 radical (unpaired) electrons. The van der Waals surface area contributed by atoms with Crippen molar-refractivity contribution in [3.63, 3.8) is 0 Å². The van der Waals surface area contributed by atoms with Crippen molar-refractivity contribution in [3.8, 4) is 17.0 Å². The molecule has 9 nitrogen and oxygen atoms in total. The van der Waals surface area contributed by atoms with Crippen LogP contribution >= 0.6 is 0 Å². The van der Waals surface area contributed by atoms with Crippen molar-refractivity contribution in [2.24, 2.45) is 7.05 Å². The van der Waals surface area contributed by atoms with Gasteiger partial charge in [-0.2, -0.15) is 5.10 Å². The van der Waals surface area contributed by atoms with Gasteiger partial charge in [-0.1, -0.05) is 23.4 Å². The fourth-order valence-electron chi connectivity index (χ4n) is 4.47. The molecule has 1 N–H and O–H groups in total. The van der Waals surface area contributed by atoms with Crippen LogP contribution in [0.5, 0.6) is 5.75 Å². The van der Waals surface area contributed by atoms with Gasteiger partial charge in [-0.05, 0) is 32.0 Å². The molecule has 0 bridgehead atoms. The zero-order valence-electron chi connectivity index (χ0n) is 19.5. The Hall–Kier alpha value is -4.66. The third-order valence-electron chi connectivity index (χ3n) is 6.10. The van der Waals surface area contributed by atoms with E-state index in [2.05, 4.69) is 20.6 Å². The molecule has 0 saturated heterocycles. The number of fused-ring (bicyclic) bond motifs is 4. The quantitative estimate of drug-likeness (QED) is 0.370. The SMILES string of the molecule is COc1cc2c(cc1NC(=O)c1cc(-c3cn(C)nc3C)nc3onc(C)c13)oc1ccccc12. The Morgan fingerprint density at radius 3 is 2.66 bits per heavy atom. The Kier molecular flexibility index (Phi) is 4.60. The smallest absolute Gasteiger partial charge is 0.259 e. The predicted molar refractivity (Wildman–Crippen MR) is 132 cm³/mol. The van der Waals surface area contributed by atoms with Crippen LogP contribution in [0, 0.1) is 13.8 Å². The summed E-state index contributed by atoms with van der Waals surface area (Å²) in [5.74, 6) is 0.174. The Labute approximate surface area is 199 Å². The van der Waals surface area contributed by atoms with Crippen LogP contribution in [0.25, 0.3) is 44.3 Å². The third kappa shape index (κ3) is 3.31. The Morgan fingerprint density at radius 1 is 1.06 bits per heavy atom. The van der Waals surface area contributed by atoms with Crippen LogP contribution in [-0.2, 0) is 7.05 Å². The van der Waals surface area contributed by atoms with E-state index in [-0.39, 0.29) is 11.6 Å². The first-order valence-corrected chi connectivity index (χ1v) is 11.0. The van der Waals surface area contributed by atoms with Crippen molar-refractivity contribution in [2.75, 3.05) is 12.4 Å². The Morgan fingerprint density at radius 2 is 1.89 bits per heavy atom. The second-order valence-corrected chi connectivity index (χ2v) is 8.41.